The van der Waals surface area contributed by atoms with Crippen molar-refractivity contribution in [3.05, 3.63) is 53.3 Å². The molecule has 190 valence electrons. The summed E-state index contributed by atoms with van der Waals surface area (Å²) >= 11 is -0.397. The molecule has 36 heavy (non-hydrogen) atoms. The Balaban J connectivity index is 1.37. The number of hydrogen-bond acceptors (Lipinski definition) is 6. The van der Waals surface area contributed by atoms with E-state index in [0.29, 0.717) is 28.4 Å². The average molecular weight is 616 g/mol. The van der Waals surface area contributed by atoms with E-state index in [1.165, 1.54) is 10.7 Å². The molecule has 2 aromatic rings. The van der Waals surface area contributed by atoms with Gasteiger partial charge in [0.2, 0.25) is 0 Å². The first kappa shape index (κ1) is 25.3. The van der Waals surface area contributed by atoms with Crippen LogP contribution < -0.4 is 21.5 Å². The number of likely N-dealkylation sites (N-methyl/N-ethyl adjacent to an activating group) is 1. The molecule has 8 nitrogen and oxygen atoms in total. The third-order valence-corrected chi connectivity index (χ3v) is 12.8. The van der Waals surface area contributed by atoms with Gasteiger partial charge < -0.3 is 4.90 Å². The molecule has 3 aliphatic heterocycles. The molecular weight excluding hydrogens is 583 g/mol. The van der Waals surface area contributed by atoms with Crippen LogP contribution in [-0.4, -0.2) is 91.3 Å². The molecule has 0 saturated carbocycles. The minimum absolute atomic E-state index is 0.122. The second kappa shape index (κ2) is 11.0. The van der Waals surface area contributed by atoms with Crippen molar-refractivity contribution in [3.63, 3.8) is 0 Å². The Morgan fingerprint density at radius 1 is 1.22 bits per heavy atom. The second-order valence-corrected chi connectivity index (χ2v) is 15.8. The summed E-state index contributed by atoms with van der Waals surface area (Å²) in [6.45, 7) is 4.46. The van der Waals surface area contributed by atoms with E-state index in [1.807, 2.05) is 28.6 Å². The zero-order valence-corrected chi connectivity index (χ0v) is 24.2. The van der Waals surface area contributed by atoms with Crippen LogP contribution in [0.5, 0.6) is 0 Å². The summed E-state index contributed by atoms with van der Waals surface area (Å²) in [7, 11) is 2.65. The molecule has 1 aromatic carbocycles. The van der Waals surface area contributed by atoms with Crippen LogP contribution in [0.1, 0.15) is 36.6 Å². The van der Waals surface area contributed by atoms with Gasteiger partial charge in [-0.2, -0.15) is 0 Å². The number of nitrogens with zero attached hydrogens (tertiary/aromatic N) is 6. The van der Waals surface area contributed by atoms with Gasteiger partial charge in [-0.15, -0.1) is 0 Å². The van der Waals surface area contributed by atoms with Gasteiger partial charge in [0.15, 0.2) is 0 Å². The fraction of sp³-hybridized carbons (Fsp3) is 0.462. The Labute approximate surface area is 224 Å². The van der Waals surface area contributed by atoms with Crippen molar-refractivity contribution in [2.45, 2.75) is 48.7 Å². The summed E-state index contributed by atoms with van der Waals surface area (Å²) in [5.74, 6) is 0.681. The van der Waals surface area contributed by atoms with E-state index in [0.717, 1.165) is 43.2 Å². The van der Waals surface area contributed by atoms with E-state index in [9.17, 15) is 9.59 Å². The normalized spacial score (nSPS) is 23.6. The Kier molecular flexibility index (Phi) is 7.72. The molecule has 1 aromatic heterocycles. The molecule has 0 N–H and O–H groups in total. The van der Waals surface area contributed by atoms with Crippen LogP contribution in [-0.2, 0) is 17.8 Å². The molecular formula is C26H32IN6O2Si-. The van der Waals surface area contributed by atoms with Gasteiger partial charge in [-0.3, -0.25) is 0 Å². The van der Waals surface area contributed by atoms with Gasteiger partial charge in [0.05, 0.1) is 0 Å². The Morgan fingerprint density at radius 2 is 2.03 bits per heavy atom. The number of halogens is 1. The number of carbonyl (C=O) groups is 2. The Morgan fingerprint density at radius 3 is 2.81 bits per heavy atom. The molecule has 3 aliphatic rings. The van der Waals surface area contributed by atoms with Gasteiger partial charge in [-0.25, -0.2) is 0 Å². The van der Waals surface area contributed by atoms with Crippen LogP contribution in [0.4, 0.5) is 10.7 Å². The number of rotatable bonds is 4. The summed E-state index contributed by atoms with van der Waals surface area (Å²) in [5.41, 5.74) is 3.52. The van der Waals surface area contributed by atoms with E-state index < -0.39 is 29.9 Å². The fourth-order valence-corrected chi connectivity index (χ4v) is 10.5. The Bertz CT molecular complexity index is 1220. The summed E-state index contributed by atoms with van der Waals surface area (Å²) in [6, 6.07) is 11.5. The maximum atomic E-state index is 14.0. The monoisotopic (exact) mass is 615 g/mol. The SMILES string of the molecule is C[C@@H]1Cc2cnc(/N=C/C3CCC(=O)N(C)[I-]3)nc2CN1C(=O)[Si]1=C(c2ccccc2)CN(C)CC1. The number of amides is 2. The van der Waals surface area contributed by atoms with Crippen LogP contribution in [0, 0.1) is 0 Å². The topological polar surface area (TPSA) is 82.0 Å². The van der Waals surface area contributed by atoms with Gasteiger partial charge in [0, 0.05) is 0 Å². The van der Waals surface area contributed by atoms with Crippen molar-refractivity contribution in [1.82, 2.24) is 22.9 Å². The predicted molar refractivity (Wildman–Crippen MR) is 139 cm³/mol. The third kappa shape index (κ3) is 5.50. The molecule has 1 saturated heterocycles. The summed E-state index contributed by atoms with van der Waals surface area (Å²) in [4.78, 5) is 43.9. The third-order valence-electron chi connectivity index (χ3n) is 7.09. The van der Waals surface area contributed by atoms with E-state index in [4.69, 9.17) is 4.98 Å². The van der Waals surface area contributed by atoms with E-state index in [-0.39, 0.29) is 11.9 Å². The van der Waals surface area contributed by atoms with Crippen LogP contribution in [0.2, 0.25) is 6.04 Å². The number of alkyl halides is 1. The number of aromatic nitrogens is 2. The molecule has 5 rings (SSSR count). The number of carbonyl (C=O) groups excluding carboxylic acids is 2. The van der Waals surface area contributed by atoms with Crippen molar-refractivity contribution in [2.24, 2.45) is 4.99 Å². The first-order valence-electron chi connectivity index (χ1n) is 12.4. The molecule has 1 unspecified atom stereocenters. The van der Waals surface area contributed by atoms with E-state index >= 15 is 0 Å². The standard InChI is InChI=1S/C26H32IN6O2Si/c1-18-13-20-14-28-25(29-15-21-9-10-24(34)32(3)27-21)30-22(20)16-33(18)26(35)36-12-11-31(2)17-23(36)19-7-5-4-6-8-19/h4-8,14-15,18,21H,9-13,16-17H2,1-3H3/q-1/b29-15+/t18-,21?/m1/s1. The van der Waals surface area contributed by atoms with Crippen molar-refractivity contribution in [3.8, 4) is 0 Å². The quantitative estimate of drug-likeness (QED) is 0.152. The molecule has 0 bridgehead atoms. The molecule has 4 heterocycles. The summed E-state index contributed by atoms with van der Waals surface area (Å²) < 4.78 is 2.19. The molecule has 2 atom stereocenters. The second-order valence-electron chi connectivity index (χ2n) is 9.74. The zero-order chi connectivity index (χ0) is 25.2. The minimum atomic E-state index is -1.37. The number of hydrogen-bond donors (Lipinski definition) is 0. The molecule has 10 heteroatoms. The van der Waals surface area contributed by atoms with E-state index in [2.05, 4.69) is 58.0 Å². The molecule has 2 amide bonds. The number of aliphatic imine (C=N–C) groups is 1. The van der Waals surface area contributed by atoms with Crippen molar-refractivity contribution < 1.29 is 31.1 Å². The van der Waals surface area contributed by atoms with Gasteiger partial charge in [0.25, 0.3) is 0 Å². The van der Waals surface area contributed by atoms with Gasteiger partial charge in [0.1, 0.15) is 0 Å². The van der Waals surface area contributed by atoms with Crippen LogP contribution in [0.3, 0.4) is 0 Å². The zero-order valence-electron chi connectivity index (χ0n) is 21.0. The van der Waals surface area contributed by atoms with Gasteiger partial charge in [-0.05, 0) is 7.05 Å². The molecule has 0 radical (unpaired) electrons. The van der Waals surface area contributed by atoms with Crippen molar-refractivity contribution >= 4 is 37.2 Å². The first-order valence-corrected chi connectivity index (χ1v) is 16.4. The van der Waals surface area contributed by atoms with Crippen LogP contribution in [0.15, 0.2) is 41.5 Å². The molecule has 1 fully saturated rings. The van der Waals surface area contributed by atoms with Crippen LogP contribution >= 0.6 is 0 Å². The summed E-state index contributed by atoms with van der Waals surface area (Å²) in [5, 5.41) is 1.31. The van der Waals surface area contributed by atoms with E-state index in [1.54, 1.807) is 0 Å². The van der Waals surface area contributed by atoms with Gasteiger partial charge in [-0.1, -0.05) is 30.3 Å². The predicted octanol–water partition coefficient (Wildman–Crippen LogP) is -0.505. The fourth-order valence-electron chi connectivity index (χ4n) is 4.98. The van der Waals surface area contributed by atoms with Crippen LogP contribution in [0.25, 0.3) is 0 Å². The molecule has 0 aliphatic carbocycles. The summed E-state index contributed by atoms with van der Waals surface area (Å²) in [6.07, 6.45) is 6.00. The molecule has 0 spiro atoms. The average Bonchev–Trinajstić information content (AvgIpc) is 2.89. The van der Waals surface area contributed by atoms with Gasteiger partial charge >= 0.3 is 183 Å². The Hall–Kier alpha value is -2.31. The number of fused-ring (bicyclic) bond motifs is 1. The first-order chi connectivity index (χ1) is 17.4. The van der Waals surface area contributed by atoms with Crippen molar-refractivity contribution in [2.75, 3.05) is 27.2 Å². The number of benzene rings is 1. The maximum absolute atomic E-state index is 14.0. The van der Waals surface area contributed by atoms with Crippen molar-refractivity contribution in [1.29, 1.82) is 0 Å².